The summed E-state index contributed by atoms with van der Waals surface area (Å²) in [5, 5.41) is 3.80. The van der Waals surface area contributed by atoms with Gasteiger partial charge in [0.25, 0.3) is 19.9 Å². The van der Waals surface area contributed by atoms with Crippen LogP contribution in [0.15, 0.2) is 99.4 Å². The van der Waals surface area contributed by atoms with Gasteiger partial charge in [-0.1, -0.05) is 55.8 Å². The number of allylic oxidation sites excluding steroid dienone is 1. The monoisotopic (exact) mass is 1020 g/mol. The van der Waals surface area contributed by atoms with Crippen molar-refractivity contribution in [2.24, 2.45) is 5.41 Å². The zero-order valence-electron chi connectivity index (χ0n) is 38.8. The summed E-state index contributed by atoms with van der Waals surface area (Å²) in [4.78, 5) is 15.1. The SMILES string of the molecule is CC(C1=C(c2ccc(Cl)cc2)CC(C)(C)CC1)N1CCC(N2CCc3c(ncnc3NS(=O)(=O)c3ccc(N[C@H](CCN4CCOCC4)CSc4ccccc4)c(S(=O)(=O)C(F)(F)F)c3)C2)CC1. The Hall–Kier alpha value is -3.75. The number of hydrogen-bond acceptors (Lipinski definition) is 12. The summed E-state index contributed by atoms with van der Waals surface area (Å²) in [5.41, 5.74) is -0.361. The number of benzene rings is 3. The number of piperidine rings is 1. The number of nitrogens with zero attached hydrogens (tertiary/aromatic N) is 5. The predicted octanol–water partition coefficient (Wildman–Crippen LogP) is 9.39. The van der Waals surface area contributed by atoms with Gasteiger partial charge in [-0.3, -0.25) is 19.4 Å². The van der Waals surface area contributed by atoms with Crippen LogP contribution in [-0.2, 0) is 37.6 Å². The van der Waals surface area contributed by atoms with Crippen molar-refractivity contribution >= 4 is 60.3 Å². The smallest absolute Gasteiger partial charge is 0.380 e. The van der Waals surface area contributed by atoms with E-state index in [4.69, 9.17) is 16.3 Å². The number of aromatic nitrogens is 2. The Morgan fingerprint density at radius 3 is 2.35 bits per heavy atom. The highest BCUT2D eigenvalue weighted by Gasteiger charge is 2.48. The van der Waals surface area contributed by atoms with Gasteiger partial charge in [-0.05, 0) is 116 Å². The number of hydrogen-bond donors (Lipinski definition) is 2. The highest BCUT2D eigenvalue weighted by Crippen LogP contribution is 2.45. The van der Waals surface area contributed by atoms with Crippen molar-refractivity contribution < 1.29 is 34.7 Å². The van der Waals surface area contributed by atoms with Crippen LogP contribution in [0.3, 0.4) is 0 Å². The fraction of sp³-hybridized carbons (Fsp3) is 0.510. The summed E-state index contributed by atoms with van der Waals surface area (Å²) in [6.45, 7) is 13.1. The Morgan fingerprint density at radius 2 is 1.65 bits per heavy atom. The number of morpholine rings is 1. The molecule has 3 aromatic carbocycles. The van der Waals surface area contributed by atoms with Gasteiger partial charge in [0.2, 0.25) is 0 Å². The minimum absolute atomic E-state index is 0.0160. The molecular formula is C49H61ClF3N7O5S3. The second kappa shape index (κ2) is 21.3. The van der Waals surface area contributed by atoms with Crippen molar-refractivity contribution in [2.75, 3.05) is 68.3 Å². The number of alkyl halides is 3. The standard InChI is InChI=1S/C49H61ClF3N7O5S3/c1-34(41-15-20-48(2,3)30-43(41)35-9-11-36(50)12-10-35)59-22-17-38(18-23-59)60-24-19-42-45(31-60)54-33-55-47(42)57-68(63,64)40-13-14-44(46(29-40)67(61,62)49(51,52)53)56-37(16-21-58-25-27-65-28-26-58)32-66-39-7-5-4-6-8-39/h4-14,29,33-34,37-38,56H,15-28,30-32H2,1-3H3,(H,54,55,57)/t34?,37-/m1/s1. The molecule has 0 saturated carbocycles. The number of ether oxygens (including phenoxy) is 1. The zero-order chi connectivity index (χ0) is 48.3. The molecule has 0 radical (unpaired) electrons. The first-order valence-electron chi connectivity index (χ1n) is 23.4. The van der Waals surface area contributed by atoms with E-state index in [0.717, 1.165) is 67.2 Å². The molecule has 2 saturated heterocycles. The van der Waals surface area contributed by atoms with Crippen LogP contribution in [0.4, 0.5) is 24.7 Å². The Labute approximate surface area is 408 Å². The summed E-state index contributed by atoms with van der Waals surface area (Å²) in [5.74, 6) is 0.419. The summed E-state index contributed by atoms with van der Waals surface area (Å²) >= 11 is 7.74. The summed E-state index contributed by atoms with van der Waals surface area (Å²) < 4.78 is 105. The van der Waals surface area contributed by atoms with E-state index >= 15 is 0 Å². The van der Waals surface area contributed by atoms with Crippen molar-refractivity contribution in [3.8, 4) is 0 Å². The van der Waals surface area contributed by atoms with Gasteiger partial charge in [-0.25, -0.2) is 26.8 Å². The maximum absolute atomic E-state index is 14.3. The van der Waals surface area contributed by atoms with Crippen LogP contribution in [0, 0.1) is 5.41 Å². The average molecular weight is 1020 g/mol. The quantitative estimate of drug-likeness (QED) is 0.104. The van der Waals surface area contributed by atoms with Gasteiger partial charge in [0.1, 0.15) is 17.0 Å². The molecule has 4 heterocycles. The van der Waals surface area contributed by atoms with Crippen molar-refractivity contribution in [1.82, 2.24) is 24.7 Å². The van der Waals surface area contributed by atoms with Gasteiger partial charge in [-0.2, -0.15) is 13.2 Å². The van der Waals surface area contributed by atoms with Gasteiger partial charge in [-0.15, -0.1) is 11.8 Å². The highest BCUT2D eigenvalue weighted by molar-refractivity contribution is 7.99. The van der Waals surface area contributed by atoms with Crippen molar-refractivity contribution in [2.45, 2.75) is 111 Å². The molecule has 3 aliphatic heterocycles. The lowest BCUT2D eigenvalue weighted by Crippen LogP contribution is -2.49. The minimum atomic E-state index is -6.01. The first-order valence-corrected chi connectivity index (χ1v) is 27.7. The molecule has 0 amide bonds. The molecule has 68 heavy (non-hydrogen) atoms. The Kier molecular flexibility index (Phi) is 15.9. The Morgan fingerprint density at radius 1 is 0.926 bits per heavy atom. The van der Waals surface area contributed by atoms with E-state index in [-0.39, 0.29) is 16.9 Å². The number of halogens is 4. The lowest BCUT2D eigenvalue weighted by Gasteiger charge is -2.44. The van der Waals surface area contributed by atoms with Crippen molar-refractivity contribution in [3.05, 3.63) is 107 Å². The molecule has 4 aromatic rings. The molecule has 8 rings (SSSR count). The lowest BCUT2D eigenvalue weighted by molar-refractivity contribution is -0.0435. The Balaban J connectivity index is 0.958. The average Bonchev–Trinajstić information content (AvgIpc) is 3.32. The molecule has 1 unspecified atom stereocenters. The van der Waals surface area contributed by atoms with E-state index in [1.54, 1.807) is 0 Å². The molecule has 2 atom stereocenters. The van der Waals surface area contributed by atoms with E-state index < -0.39 is 41.2 Å². The number of sulfone groups is 1. The second-order valence-corrected chi connectivity index (χ2v) is 24.2. The number of sulfonamides is 1. The van der Waals surface area contributed by atoms with Gasteiger partial charge in [0.05, 0.1) is 29.5 Å². The fourth-order valence-electron chi connectivity index (χ4n) is 9.95. The van der Waals surface area contributed by atoms with Crippen LogP contribution in [0.5, 0.6) is 0 Å². The molecule has 1 aromatic heterocycles. The summed E-state index contributed by atoms with van der Waals surface area (Å²) in [7, 11) is -10.6. The lowest BCUT2D eigenvalue weighted by atomic mass is 9.71. The normalized spacial score (nSPS) is 20.2. The van der Waals surface area contributed by atoms with E-state index in [0.29, 0.717) is 93.9 Å². The number of nitrogens with one attached hydrogen (secondary N) is 2. The maximum atomic E-state index is 14.3. The molecule has 0 bridgehead atoms. The second-order valence-electron chi connectivity index (χ2n) is 19.1. The third-order valence-corrected chi connectivity index (χ3v) is 18.2. The van der Waals surface area contributed by atoms with Gasteiger partial charge >= 0.3 is 5.51 Å². The molecule has 368 valence electrons. The zero-order valence-corrected chi connectivity index (χ0v) is 42.0. The van der Waals surface area contributed by atoms with E-state index in [1.807, 2.05) is 42.5 Å². The summed E-state index contributed by atoms with van der Waals surface area (Å²) in [6.07, 6.45) is 7.36. The molecule has 0 spiro atoms. The van der Waals surface area contributed by atoms with Crippen LogP contribution < -0.4 is 10.0 Å². The van der Waals surface area contributed by atoms with Gasteiger partial charge < -0.3 is 10.1 Å². The number of anilines is 2. The highest BCUT2D eigenvalue weighted by atomic mass is 35.5. The van der Waals surface area contributed by atoms with E-state index in [1.165, 1.54) is 34.8 Å². The third kappa shape index (κ3) is 12.0. The van der Waals surface area contributed by atoms with Crippen molar-refractivity contribution in [3.63, 3.8) is 0 Å². The topological polar surface area (TPSA) is 137 Å². The first kappa shape index (κ1) is 50.6. The fourth-order valence-corrected chi connectivity index (χ4v) is 13.2. The molecule has 4 aliphatic rings. The maximum Gasteiger partial charge on any atom is 0.501 e. The van der Waals surface area contributed by atoms with Crippen LogP contribution in [0.1, 0.15) is 76.1 Å². The number of likely N-dealkylation sites (tertiary alicyclic amines) is 1. The van der Waals surface area contributed by atoms with E-state index in [9.17, 15) is 30.0 Å². The minimum Gasteiger partial charge on any atom is -0.380 e. The van der Waals surface area contributed by atoms with Crippen LogP contribution in [0.2, 0.25) is 5.02 Å². The largest absolute Gasteiger partial charge is 0.501 e. The third-order valence-electron chi connectivity index (χ3n) is 14.0. The van der Waals surface area contributed by atoms with Crippen LogP contribution in [-0.4, -0.2) is 123 Å². The molecular weight excluding hydrogens is 955 g/mol. The van der Waals surface area contributed by atoms with Crippen LogP contribution in [0.25, 0.3) is 5.57 Å². The molecule has 1 aliphatic carbocycles. The molecule has 2 N–H and O–H groups in total. The Bertz CT molecular complexity index is 2650. The predicted molar refractivity (Wildman–Crippen MR) is 263 cm³/mol. The summed E-state index contributed by atoms with van der Waals surface area (Å²) in [6, 6.07) is 20.6. The van der Waals surface area contributed by atoms with Crippen molar-refractivity contribution in [1.29, 1.82) is 0 Å². The molecule has 12 nitrogen and oxygen atoms in total. The first-order chi connectivity index (χ1) is 32.4. The van der Waals surface area contributed by atoms with Crippen LogP contribution >= 0.6 is 23.4 Å². The van der Waals surface area contributed by atoms with Gasteiger partial charge in [0.15, 0.2) is 0 Å². The number of rotatable bonds is 16. The molecule has 19 heteroatoms. The van der Waals surface area contributed by atoms with E-state index in [2.05, 4.69) is 67.6 Å². The number of fused-ring (bicyclic) bond motifs is 1. The number of thioether (sulfide) groups is 1. The van der Waals surface area contributed by atoms with Gasteiger partial charge in [0, 0.05) is 85.2 Å². The molecule has 2 fully saturated rings.